The summed E-state index contributed by atoms with van der Waals surface area (Å²) in [6.45, 7) is 1.38. The second kappa shape index (κ2) is 9.34. The van der Waals surface area contributed by atoms with Crippen molar-refractivity contribution in [3.05, 3.63) is 74.8 Å². The SMILES string of the molecule is C[C@@H]1CC[C@@H]2C(=O)N(N(CC(=O)c3cccc([N+](=O)[O-])c3)C(=O)c3ccc(Cl)cc3)C(=O)[C@H]2C1. The Morgan fingerprint density at radius 1 is 1.06 bits per heavy atom. The van der Waals surface area contributed by atoms with E-state index in [-0.39, 0.29) is 22.7 Å². The molecule has 2 aromatic carbocycles. The van der Waals surface area contributed by atoms with E-state index in [0.29, 0.717) is 17.9 Å². The molecule has 3 amide bonds. The van der Waals surface area contributed by atoms with Gasteiger partial charge in [0.2, 0.25) is 0 Å². The molecule has 176 valence electrons. The number of carbonyl (C=O) groups is 4. The second-order valence-electron chi connectivity index (χ2n) is 8.72. The number of non-ortho nitro benzene ring substituents is 1. The number of nitro groups is 1. The third kappa shape index (κ3) is 4.43. The molecule has 2 aromatic rings. The third-order valence-corrected chi connectivity index (χ3v) is 6.66. The van der Waals surface area contributed by atoms with Gasteiger partial charge in [0.05, 0.1) is 16.8 Å². The van der Waals surface area contributed by atoms with Gasteiger partial charge in [0, 0.05) is 28.3 Å². The molecular formula is C24H22ClN3O6. The zero-order valence-electron chi connectivity index (χ0n) is 18.3. The Labute approximate surface area is 200 Å². The third-order valence-electron chi connectivity index (χ3n) is 6.40. The van der Waals surface area contributed by atoms with Gasteiger partial charge in [-0.1, -0.05) is 30.7 Å². The topological polar surface area (TPSA) is 118 Å². The van der Waals surface area contributed by atoms with Crippen LogP contribution in [0.15, 0.2) is 48.5 Å². The number of Topliss-reactive ketones (excluding diaryl/α,β-unsaturated/α-hetero) is 1. The zero-order chi connectivity index (χ0) is 24.6. The van der Waals surface area contributed by atoms with Crippen LogP contribution in [0.3, 0.4) is 0 Å². The van der Waals surface area contributed by atoms with Crippen LogP contribution in [0, 0.1) is 27.9 Å². The van der Waals surface area contributed by atoms with Crippen molar-refractivity contribution in [2.45, 2.75) is 26.2 Å². The van der Waals surface area contributed by atoms with Crippen LogP contribution in [-0.4, -0.2) is 45.0 Å². The number of hydrogen-bond acceptors (Lipinski definition) is 6. The van der Waals surface area contributed by atoms with Gasteiger partial charge in [-0.15, -0.1) is 0 Å². The smallest absolute Gasteiger partial charge is 0.273 e. The Morgan fingerprint density at radius 3 is 2.41 bits per heavy atom. The first-order chi connectivity index (χ1) is 16.2. The van der Waals surface area contributed by atoms with Crippen LogP contribution in [0.2, 0.25) is 5.02 Å². The second-order valence-corrected chi connectivity index (χ2v) is 9.16. The van der Waals surface area contributed by atoms with E-state index in [1.165, 1.54) is 42.5 Å². The van der Waals surface area contributed by atoms with Gasteiger partial charge in [0.25, 0.3) is 23.4 Å². The lowest BCUT2D eigenvalue weighted by molar-refractivity contribution is -0.384. The molecule has 1 aliphatic carbocycles. The number of halogens is 1. The van der Waals surface area contributed by atoms with E-state index in [2.05, 4.69) is 0 Å². The number of ketones is 1. The lowest BCUT2D eigenvalue weighted by Crippen LogP contribution is -2.52. The Morgan fingerprint density at radius 2 is 1.74 bits per heavy atom. The van der Waals surface area contributed by atoms with Gasteiger partial charge >= 0.3 is 0 Å². The Hall–Kier alpha value is -3.59. The highest BCUT2D eigenvalue weighted by Crippen LogP contribution is 2.41. The van der Waals surface area contributed by atoms with Crippen LogP contribution in [-0.2, 0) is 9.59 Å². The zero-order valence-corrected chi connectivity index (χ0v) is 19.1. The summed E-state index contributed by atoms with van der Waals surface area (Å²) >= 11 is 5.92. The largest absolute Gasteiger partial charge is 0.292 e. The maximum absolute atomic E-state index is 13.4. The van der Waals surface area contributed by atoms with Crippen molar-refractivity contribution in [1.29, 1.82) is 0 Å². The number of nitrogens with zero attached hydrogens (tertiary/aromatic N) is 3. The van der Waals surface area contributed by atoms with Gasteiger partial charge in [-0.05, 0) is 49.4 Å². The van der Waals surface area contributed by atoms with Gasteiger partial charge in [0.1, 0.15) is 6.54 Å². The van der Waals surface area contributed by atoms with E-state index in [1.54, 1.807) is 0 Å². The molecule has 1 saturated carbocycles. The molecule has 0 unspecified atom stereocenters. The number of amides is 3. The van der Waals surface area contributed by atoms with E-state index in [0.717, 1.165) is 22.5 Å². The summed E-state index contributed by atoms with van der Waals surface area (Å²) in [4.78, 5) is 63.5. The highest BCUT2D eigenvalue weighted by molar-refractivity contribution is 6.30. The maximum Gasteiger partial charge on any atom is 0.273 e. The van der Waals surface area contributed by atoms with Crippen LogP contribution in [0.4, 0.5) is 5.69 Å². The Kier molecular flexibility index (Phi) is 6.47. The molecule has 1 aliphatic heterocycles. The number of rotatable bonds is 6. The molecule has 0 radical (unpaired) electrons. The Bertz CT molecular complexity index is 1180. The van der Waals surface area contributed by atoms with E-state index in [4.69, 9.17) is 11.6 Å². The van der Waals surface area contributed by atoms with Crippen molar-refractivity contribution in [2.75, 3.05) is 6.54 Å². The van der Waals surface area contributed by atoms with Crippen LogP contribution in [0.5, 0.6) is 0 Å². The number of benzene rings is 2. The fourth-order valence-electron chi connectivity index (χ4n) is 4.61. The number of carbonyl (C=O) groups excluding carboxylic acids is 4. The van der Waals surface area contributed by atoms with Crippen molar-refractivity contribution in [2.24, 2.45) is 17.8 Å². The number of imide groups is 1. The van der Waals surface area contributed by atoms with Crippen molar-refractivity contribution >= 4 is 40.8 Å². The van der Waals surface area contributed by atoms with Gasteiger partial charge in [-0.2, -0.15) is 5.01 Å². The summed E-state index contributed by atoms with van der Waals surface area (Å²) in [5.41, 5.74) is -0.150. The average Bonchev–Trinajstić information content (AvgIpc) is 3.06. The number of hydrazine groups is 1. The average molecular weight is 484 g/mol. The van der Waals surface area contributed by atoms with E-state index >= 15 is 0 Å². The van der Waals surface area contributed by atoms with Crippen LogP contribution in [0.1, 0.15) is 46.9 Å². The minimum atomic E-state index is -0.719. The Balaban J connectivity index is 1.69. The molecule has 0 bridgehead atoms. The molecular weight excluding hydrogens is 462 g/mol. The first kappa shape index (κ1) is 23.6. The van der Waals surface area contributed by atoms with Crippen molar-refractivity contribution in [3.8, 4) is 0 Å². The summed E-state index contributed by atoms with van der Waals surface area (Å²) in [6.07, 6.45) is 1.87. The predicted molar refractivity (Wildman–Crippen MR) is 122 cm³/mol. The quantitative estimate of drug-likeness (QED) is 0.266. The fourth-order valence-corrected chi connectivity index (χ4v) is 4.73. The van der Waals surface area contributed by atoms with Gasteiger partial charge in [-0.25, -0.2) is 5.01 Å². The molecule has 1 heterocycles. The molecule has 2 aliphatic rings. The van der Waals surface area contributed by atoms with Gasteiger partial charge < -0.3 is 0 Å². The van der Waals surface area contributed by atoms with Crippen LogP contribution >= 0.6 is 11.6 Å². The summed E-state index contributed by atoms with van der Waals surface area (Å²) in [6, 6.07) is 10.9. The fraction of sp³-hybridized carbons (Fsp3) is 0.333. The number of nitro benzene ring substituents is 1. The molecule has 0 N–H and O–H groups in total. The monoisotopic (exact) mass is 483 g/mol. The maximum atomic E-state index is 13.4. The van der Waals surface area contributed by atoms with Crippen LogP contribution in [0.25, 0.3) is 0 Å². The number of hydrogen-bond donors (Lipinski definition) is 0. The minimum absolute atomic E-state index is 0.00626. The van der Waals surface area contributed by atoms with E-state index < -0.39 is 46.8 Å². The summed E-state index contributed by atoms with van der Waals surface area (Å²) in [5.74, 6) is -3.17. The first-order valence-electron chi connectivity index (χ1n) is 10.9. The van der Waals surface area contributed by atoms with Crippen molar-refractivity contribution < 1.29 is 24.1 Å². The molecule has 0 aromatic heterocycles. The van der Waals surface area contributed by atoms with Crippen molar-refractivity contribution in [1.82, 2.24) is 10.0 Å². The standard InChI is InChI=1S/C24H22ClN3O6/c1-14-5-10-19-20(11-14)24(32)27(23(19)31)26(22(30)15-6-8-17(25)9-7-15)13-21(29)16-3-2-4-18(12-16)28(33)34/h2-4,6-9,12,14,19-20H,5,10-11,13H2,1H3/t14-,19+,20+/m1/s1. The highest BCUT2D eigenvalue weighted by atomic mass is 35.5. The van der Waals surface area contributed by atoms with Crippen LogP contribution < -0.4 is 0 Å². The van der Waals surface area contributed by atoms with E-state index in [9.17, 15) is 29.3 Å². The normalized spacial score (nSPS) is 21.8. The molecule has 34 heavy (non-hydrogen) atoms. The first-order valence-corrected chi connectivity index (χ1v) is 11.3. The lowest BCUT2D eigenvalue weighted by Gasteiger charge is -2.30. The lowest BCUT2D eigenvalue weighted by atomic mass is 9.76. The van der Waals surface area contributed by atoms with Gasteiger partial charge in [-0.3, -0.25) is 29.3 Å². The number of fused-ring (bicyclic) bond motifs is 1. The molecule has 2 fully saturated rings. The van der Waals surface area contributed by atoms with Gasteiger partial charge in [0.15, 0.2) is 5.78 Å². The molecule has 10 heteroatoms. The summed E-state index contributed by atoms with van der Waals surface area (Å²) in [7, 11) is 0. The van der Waals surface area contributed by atoms with E-state index in [1.807, 2.05) is 6.92 Å². The molecule has 0 spiro atoms. The van der Waals surface area contributed by atoms with Crippen molar-refractivity contribution in [3.63, 3.8) is 0 Å². The molecule has 1 saturated heterocycles. The summed E-state index contributed by atoms with van der Waals surface area (Å²) < 4.78 is 0. The molecule has 4 rings (SSSR count). The molecule has 3 atom stereocenters. The minimum Gasteiger partial charge on any atom is -0.292 e. The molecule has 9 nitrogen and oxygen atoms in total. The summed E-state index contributed by atoms with van der Waals surface area (Å²) in [5, 5.41) is 13.2. The highest BCUT2D eigenvalue weighted by Gasteiger charge is 2.52. The predicted octanol–water partition coefficient (Wildman–Crippen LogP) is 3.91.